The standard InChI is InChI=1S/C26H39FN6O3SSi/c1-16(36-38(5,6)25(2,3)4)14-33-15-19(27)23(31-33)37(28,35)32-24(34)30-21-17-8-7-9-20(17)29-22-18(21)10-11-26(22)12-13-26/h15-16H,7-14H2,1-6H3,(H3,28,29,30,32,34,35)/t16-,37?/m1/s1. The number of amides is 2. The lowest BCUT2D eigenvalue weighted by molar-refractivity contribution is 0.173. The molecule has 1 saturated carbocycles. The third-order valence-corrected chi connectivity index (χ3v) is 14.6. The maximum atomic E-state index is 14.8. The topological polar surface area (TPSA) is 124 Å². The minimum absolute atomic E-state index is 0.0217. The molecule has 0 saturated heterocycles. The van der Waals surface area contributed by atoms with E-state index in [0.717, 1.165) is 79.3 Å². The van der Waals surface area contributed by atoms with Crippen molar-refractivity contribution in [3.8, 4) is 0 Å². The highest BCUT2D eigenvalue weighted by atomic mass is 32.2. The number of hydrogen-bond donors (Lipinski definition) is 2. The number of nitrogens with one attached hydrogen (secondary N) is 1. The lowest BCUT2D eigenvalue weighted by Gasteiger charge is -2.38. The van der Waals surface area contributed by atoms with E-state index in [1.807, 2.05) is 6.92 Å². The van der Waals surface area contributed by atoms with E-state index in [1.165, 1.54) is 4.68 Å². The highest BCUT2D eigenvalue weighted by Crippen LogP contribution is 2.58. The van der Waals surface area contributed by atoms with Crippen LogP contribution in [-0.4, -0.2) is 39.4 Å². The summed E-state index contributed by atoms with van der Waals surface area (Å²) in [5.41, 5.74) is 5.10. The van der Waals surface area contributed by atoms with Crippen LogP contribution in [0.25, 0.3) is 0 Å². The summed E-state index contributed by atoms with van der Waals surface area (Å²) in [6.45, 7) is 12.9. The van der Waals surface area contributed by atoms with Crippen LogP contribution in [0.1, 0.15) is 75.9 Å². The third kappa shape index (κ3) is 4.96. The van der Waals surface area contributed by atoms with E-state index in [0.29, 0.717) is 0 Å². The molecule has 3 aliphatic rings. The molecule has 0 radical (unpaired) electrons. The largest absolute Gasteiger partial charge is 0.412 e. The van der Waals surface area contributed by atoms with Gasteiger partial charge >= 0.3 is 6.03 Å². The fourth-order valence-electron chi connectivity index (χ4n) is 5.52. The van der Waals surface area contributed by atoms with Gasteiger partial charge < -0.3 is 9.74 Å². The number of halogens is 1. The molecule has 3 N–H and O–H groups in total. The van der Waals surface area contributed by atoms with Crippen LogP contribution >= 0.6 is 0 Å². The van der Waals surface area contributed by atoms with Gasteiger partial charge in [0.2, 0.25) is 5.03 Å². The van der Waals surface area contributed by atoms with Gasteiger partial charge in [-0.1, -0.05) is 20.8 Å². The first-order valence-corrected chi connectivity index (χ1v) is 17.9. The maximum Gasteiger partial charge on any atom is 0.354 e. The van der Waals surface area contributed by atoms with Crippen molar-refractivity contribution in [1.82, 2.24) is 14.8 Å². The second kappa shape index (κ2) is 9.21. The highest BCUT2D eigenvalue weighted by molar-refractivity contribution is 7.91. The molecule has 2 aromatic rings. The molecule has 5 rings (SSSR count). The number of aryl methyl sites for hydroxylation is 1. The summed E-state index contributed by atoms with van der Waals surface area (Å²) in [5, 5.41) is 12.4. The predicted molar refractivity (Wildman–Crippen MR) is 147 cm³/mol. The van der Waals surface area contributed by atoms with Gasteiger partial charge in [0.05, 0.1) is 30.2 Å². The minimum Gasteiger partial charge on any atom is -0.412 e. The molecule has 1 unspecified atom stereocenters. The SMILES string of the molecule is C[C@H](Cn1cc(F)c(S(N)(=O)=NC(=O)Nc2c3c(nc4c2CCC42CC2)CCC3)n1)O[Si](C)(C)C(C)(C)C. The van der Waals surface area contributed by atoms with Gasteiger partial charge in [0.1, 0.15) is 0 Å². The van der Waals surface area contributed by atoms with Crippen molar-refractivity contribution in [3.05, 3.63) is 34.5 Å². The summed E-state index contributed by atoms with van der Waals surface area (Å²) in [5.74, 6) is -0.866. The first kappa shape index (κ1) is 27.4. The molecule has 2 atom stereocenters. The van der Waals surface area contributed by atoms with E-state index in [1.54, 1.807) is 0 Å². The lowest BCUT2D eigenvalue weighted by Crippen LogP contribution is -2.44. The fourth-order valence-corrected chi connectivity index (χ4v) is 7.89. The zero-order valence-electron chi connectivity index (χ0n) is 23.2. The molecular weight excluding hydrogens is 523 g/mol. The predicted octanol–water partition coefficient (Wildman–Crippen LogP) is 5.23. The van der Waals surface area contributed by atoms with Crippen LogP contribution in [0.5, 0.6) is 0 Å². The Kier molecular flexibility index (Phi) is 6.64. The van der Waals surface area contributed by atoms with Crippen LogP contribution in [0.4, 0.5) is 14.9 Å². The second-order valence-corrected chi connectivity index (χ2v) is 19.1. The van der Waals surface area contributed by atoms with E-state index in [-0.39, 0.29) is 23.1 Å². The molecule has 0 bridgehead atoms. The van der Waals surface area contributed by atoms with Crippen molar-refractivity contribution in [2.24, 2.45) is 9.50 Å². The molecule has 12 heteroatoms. The average Bonchev–Trinajstić information content (AvgIpc) is 3.08. The molecule has 2 heterocycles. The van der Waals surface area contributed by atoms with Gasteiger partial charge in [-0.25, -0.2) is 18.5 Å². The summed E-state index contributed by atoms with van der Waals surface area (Å²) in [6, 6.07) is -0.861. The Hall–Kier alpha value is -2.15. The van der Waals surface area contributed by atoms with Crippen molar-refractivity contribution < 1.29 is 17.8 Å². The van der Waals surface area contributed by atoms with Gasteiger partial charge in [-0.05, 0) is 81.1 Å². The summed E-state index contributed by atoms with van der Waals surface area (Å²) in [4.78, 5) is 18.0. The first-order valence-electron chi connectivity index (χ1n) is 13.4. The monoisotopic (exact) mass is 562 g/mol. The van der Waals surface area contributed by atoms with Gasteiger partial charge in [0, 0.05) is 11.1 Å². The number of urea groups is 1. The lowest BCUT2D eigenvalue weighted by atomic mass is 10.0. The molecule has 208 valence electrons. The van der Waals surface area contributed by atoms with Crippen LogP contribution in [0.15, 0.2) is 15.6 Å². The van der Waals surface area contributed by atoms with Crippen molar-refractivity contribution in [3.63, 3.8) is 0 Å². The van der Waals surface area contributed by atoms with Crippen molar-refractivity contribution in [1.29, 1.82) is 0 Å². The van der Waals surface area contributed by atoms with E-state index in [4.69, 9.17) is 14.5 Å². The summed E-state index contributed by atoms with van der Waals surface area (Å²) in [6.07, 6.45) is 7.69. The van der Waals surface area contributed by atoms with E-state index < -0.39 is 35.1 Å². The van der Waals surface area contributed by atoms with Crippen molar-refractivity contribution in [2.45, 2.75) is 114 Å². The quantitative estimate of drug-likeness (QED) is 0.467. The van der Waals surface area contributed by atoms with Crippen LogP contribution in [0.3, 0.4) is 0 Å². The van der Waals surface area contributed by atoms with Gasteiger partial charge in [-0.2, -0.15) is 5.10 Å². The van der Waals surface area contributed by atoms with Gasteiger partial charge in [0.25, 0.3) is 0 Å². The molecule has 38 heavy (non-hydrogen) atoms. The Morgan fingerprint density at radius 2 is 2.00 bits per heavy atom. The molecule has 9 nitrogen and oxygen atoms in total. The van der Waals surface area contributed by atoms with Crippen LogP contribution in [0, 0.1) is 5.82 Å². The number of anilines is 1. The first-order chi connectivity index (χ1) is 17.6. The average molecular weight is 563 g/mol. The summed E-state index contributed by atoms with van der Waals surface area (Å²) in [7, 11) is -5.95. The van der Waals surface area contributed by atoms with Crippen molar-refractivity contribution in [2.75, 3.05) is 5.32 Å². The Morgan fingerprint density at radius 1 is 1.29 bits per heavy atom. The van der Waals surface area contributed by atoms with Gasteiger partial charge in [-0.15, -0.1) is 4.36 Å². The molecule has 0 aliphatic heterocycles. The number of hydrogen-bond acceptors (Lipinski definition) is 5. The smallest absolute Gasteiger partial charge is 0.354 e. The minimum atomic E-state index is -3.91. The number of nitrogens with zero attached hydrogens (tertiary/aromatic N) is 4. The molecule has 0 aromatic carbocycles. The number of carbonyl (C=O) groups is 1. The van der Waals surface area contributed by atoms with Gasteiger partial charge in [0.15, 0.2) is 24.0 Å². The van der Waals surface area contributed by atoms with Gasteiger partial charge in [-0.3, -0.25) is 9.67 Å². The zero-order chi connectivity index (χ0) is 27.7. The number of carbonyl (C=O) groups excluding carboxylic acids is 1. The fraction of sp³-hybridized carbons (Fsp3) is 0.654. The number of aromatic nitrogens is 3. The summed E-state index contributed by atoms with van der Waals surface area (Å²) < 4.78 is 39.4. The van der Waals surface area contributed by atoms with E-state index in [9.17, 15) is 13.4 Å². The van der Waals surface area contributed by atoms with E-state index in [2.05, 4.69) is 48.6 Å². The van der Waals surface area contributed by atoms with Crippen LogP contribution < -0.4 is 10.5 Å². The molecule has 3 aliphatic carbocycles. The van der Waals surface area contributed by atoms with Crippen LogP contribution in [0.2, 0.25) is 18.1 Å². The molecule has 2 amide bonds. The number of nitrogens with two attached hydrogens (primary N) is 1. The number of fused-ring (bicyclic) bond motifs is 3. The molecule has 1 fully saturated rings. The summed E-state index contributed by atoms with van der Waals surface area (Å²) >= 11 is 0. The second-order valence-electron chi connectivity index (χ2n) is 12.7. The Labute approximate surface area is 225 Å². The maximum absolute atomic E-state index is 14.8. The molecule has 1 spiro atoms. The normalized spacial score (nSPS) is 20.1. The van der Waals surface area contributed by atoms with Crippen molar-refractivity contribution >= 4 is 30.0 Å². The Balaban J connectivity index is 1.36. The van der Waals surface area contributed by atoms with E-state index >= 15 is 0 Å². The zero-order valence-corrected chi connectivity index (χ0v) is 25.0. The highest BCUT2D eigenvalue weighted by Gasteiger charge is 2.51. The molecular formula is C26H39FN6O3SSi. The number of rotatable bonds is 6. The molecule has 2 aromatic heterocycles. The third-order valence-electron chi connectivity index (χ3n) is 8.69. The Bertz CT molecular complexity index is 1420. The van der Waals surface area contributed by atoms with Crippen LogP contribution in [-0.2, 0) is 45.6 Å². The number of pyridine rings is 1. The Morgan fingerprint density at radius 3 is 2.66 bits per heavy atom.